The third kappa shape index (κ3) is 3.98. The maximum Gasteiger partial charge on any atom is 0.261 e. The van der Waals surface area contributed by atoms with Crippen LogP contribution in [0.3, 0.4) is 0 Å². The zero-order valence-corrected chi connectivity index (χ0v) is 20.1. The van der Waals surface area contributed by atoms with Crippen molar-refractivity contribution in [1.29, 1.82) is 0 Å². The third-order valence-electron chi connectivity index (χ3n) is 7.50. The number of anilines is 2. The lowest BCUT2D eigenvalue weighted by Gasteiger charge is -2.55. The highest BCUT2D eigenvalue weighted by Gasteiger charge is 2.53. The van der Waals surface area contributed by atoms with Crippen molar-refractivity contribution in [3.05, 3.63) is 59.4 Å². The van der Waals surface area contributed by atoms with Gasteiger partial charge in [0, 0.05) is 23.4 Å². The Bertz CT molecular complexity index is 1290. The van der Waals surface area contributed by atoms with Gasteiger partial charge in [0.2, 0.25) is 5.13 Å². The molecular formula is C24H25N5O3S2. The maximum absolute atomic E-state index is 12.8. The van der Waals surface area contributed by atoms with Gasteiger partial charge in [0.05, 0.1) is 10.6 Å². The van der Waals surface area contributed by atoms with Crippen LogP contribution in [-0.2, 0) is 15.4 Å². The summed E-state index contributed by atoms with van der Waals surface area (Å²) < 4.78 is 27.7. The van der Waals surface area contributed by atoms with Gasteiger partial charge in [-0.1, -0.05) is 11.3 Å². The number of hydrogen-bond donors (Lipinski definition) is 2. The Labute approximate surface area is 202 Å². The topological polar surface area (TPSA) is 114 Å². The first-order chi connectivity index (χ1) is 16.4. The number of benzene rings is 1. The molecule has 0 radical (unpaired) electrons. The molecule has 176 valence electrons. The minimum Gasteiger partial charge on any atom is -0.296 e. The van der Waals surface area contributed by atoms with Crippen molar-refractivity contribution in [3.63, 3.8) is 0 Å². The molecule has 0 atom stereocenters. The lowest BCUT2D eigenvalue weighted by molar-refractivity contribution is -0.00555. The van der Waals surface area contributed by atoms with Crippen LogP contribution in [0.5, 0.6) is 0 Å². The molecule has 1 aromatic carbocycles. The van der Waals surface area contributed by atoms with Gasteiger partial charge in [0.25, 0.3) is 15.9 Å². The van der Waals surface area contributed by atoms with Crippen molar-refractivity contribution in [2.75, 3.05) is 10.0 Å². The highest BCUT2D eigenvalue weighted by molar-refractivity contribution is 7.92. The predicted molar refractivity (Wildman–Crippen MR) is 129 cm³/mol. The van der Waals surface area contributed by atoms with E-state index < -0.39 is 10.0 Å². The van der Waals surface area contributed by atoms with Gasteiger partial charge >= 0.3 is 0 Å². The Balaban J connectivity index is 1.14. The zero-order chi connectivity index (χ0) is 23.3. The summed E-state index contributed by atoms with van der Waals surface area (Å²) in [6, 6.07) is 8.96. The first-order valence-corrected chi connectivity index (χ1v) is 13.9. The summed E-state index contributed by atoms with van der Waals surface area (Å²) in [7, 11) is -3.76. The van der Waals surface area contributed by atoms with Crippen molar-refractivity contribution in [2.45, 2.75) is 48.8 Å². The van der Waals surface area contributed by atoms with Crippen LogP contribution in [0.4, 0.5) is 10.8 Å². The molecular weight excluding hydrogens is 470 g/mol. The second kappa shape index (κ2) is 8.13. The summed E-state index contributed by atoms with van der Waals surface area (Å²) in [5.41, 5.74) is 0.921. The van der Waals surface area contributed by atoms with E-state index in [9.17, 15) is 13.2 Å². The zero-order valence-electron chi connectivity index (χ0n) is 18.5. The second-order valence-corrected chi connectivity index (χ2v) is 12.6. The Morgan fingerprint density at radius 1 is 0.912 bits per heavy atom. The lowest BCUT2D eigenvalue weighted by atomic mass is 9.50. The minimum atomic E-state index is -3.76. The number of aromatic nitrogens is 3. The van der Waals surface area contributed by atoms with Gasteiger partial charge in [-0.3, -0.25) is 19.8 Å². The number of nitrogens with zero attached hydrogens (tertiary/aromatic N) is 3. The van der Waals surface area contributed by atoms with E-state index in [1.165, 1.54) is 86.5 Å². The molecule has 0 spiro atoms. The summed E-state index contributed by atoms with van der Waals surface area (Å²) in [5, 5.41) is 13.2. The fourth-order valence-corrected chi connectivity index (χ4v) is 8.46. The number of pyridine rings is 1. The Morgan fingerprint density at radius 3 is 2.15 bits per heavy atom. The van der Waals surface area contributed by atoms with Crippen LogP contribution >= 0.6 is 11.3 Å². The van der Waals surface area contributed by atoms with E-state index in [1.54, 1.807) is 12.1 Å². The molecule has 0 unspecified atom stereocenters. The molecule has 8 nitrogen and oxygen atoms in total. The summed E-state index contributed by atoms with van der Waals surface area (Å²) in [6.07, 6.45) is 10.7. The van der Waals surface area contributed by atoms with Gasteiger partial charge in [-0.25, -0.2) is 8.42 Å². The first kappa shape index (κ1) is 21.7. The lowest BCUT2D eigenvalue weighted by Crippen LogP contribution is -2.48. The molecule has 4 saturated carbocycles. The summed E-state index contributed by atoms with van der Waals surface area (Å²) in [4.78, 5) is 16.7. The molecule has 1 amide bonds. The van der Waals surface area contributed by atoms with E-state index in [-0.39, 0.29) is 16.2 Å². The van der Waals surface area contributed by atoms with E-state index in [2.05, 4.69) is 25.2 Å². The molecule has 4 fully saturated rings. The Hall–Kier alpha value is -2.85. The SMILES string of the molecule is O=C(Nc1nnc(C23CC4CC(CC(C4)C2)C3)s1)c1ccc(S(=O)(=O)Nc2ccncc2)cc1. The average molecular weight is 496 g/mol. The maximum atomic E-state index is 12.8. The molecule has 2 aromatic heterocycles. The molecule has 7 rings (SSSR count). The van der Waals surface area contributed by atoms with E-state index in [4.69, 9.17) is 0 Å². The van der Waals surface area contributed by atoms with Crippen LogP contribution in [-0.4, -0.2) is 29.5 Å². The smallest absolute Gasteiger partial charge is 0.261 e. The van der Waals surface area contributed by atoms with Crippen molar-refractivity contribution >= 4 is 38.1 Å². The van der Waals surface area contributed by atoms with Crippen LogP contribution < -0.4 is 10.0 Å². The van der Waals surface area contributed by atoms with Crippen molar-refractivity contribution in [2.24, 2.45) is 17.8 Å². The summed E-state index contributed by atoms with van der Waals surface area (Å²) in [5.74, 6) is 2.11. The summed E-state index contributed by atoms with van der Waals surface area (Å²) in [6.45, 7) is 0. The number of carbonyl (C=O) groups excluding carboxylic acids is 1. The number of amides is 1. The highest BCUT2D eigenvalue weighted by Crippen LogP contribution is 2.61. The molecule has 4 bridgehead atoms. The van der Waals surface area contributed by atoms with Gasteiger partial charge in [-0.05, 0) is 92.7 Å². The number of hydrogen-bond acceptors (Lipinski definition) is 7. The fourth-order valence-electron chi connectivity index (χ4n) is 6.45. The molecule has 2 heterocycles. The number of nitrogens with one attached hydrogen (secondary N) is 2. The molecule has 10 heteroatoms. The van der Waals surface area contributed by atoms with Gasteiger partial charge in [0.1, 0.15) is 5.01 Å². The van der Waals surface area contributed by atoms with Gasteiger partial charge < -0.3 is 0 Å². The fraction of sp³-hybridized carbons (Fsp3) is 0.417. The molecule has 0 saturated heterocycles. The van der Waals surface area contributed by atoms with E-state index in [0.717, 1.165) is 22.8 Å². The highest BCUT2D eigenvalue weighted by atomic mass is 32.2. The van der Waals surface area contributed by atoms with Gasteiger partial charge in [-0.2, -0.15) is 0 Å². The van der Waals surface area contributed by atoms with Crippen LogP contribution in [0.25, 0.3) is 0 Å². The molecule has 2 N–H and O–H groups in total. The normalized spacial score (nSPS) is 27.5. The van der Waals surface area contributed by atoms with Gasteiger partial charge in [-0.15, -0.1) is 10.2 Å². The molecule has 4 aliphatic rings. The largest absolute Gasteiger partial charge is 0.296 e. The monoisotopic (exact) mass is 495 g/mol. The number of sulfonamides is 1. The van der Waals surface area contributed by atoms with E-state index in [1.807, 2.05) is 0 Å². The van der Waals surface area contributed by atoms with Crippen molar-refractivity contribution in [1.82, 2.24) is 15.2 Å². The number of carbonyl (C=O) groups is 1. The van der Waals surface area contributed by atoms with Crippen LogP contribution in [0, 0.1) is 17.8 Å². The Morgan fingerprint density at radius 2 is 1.53 bits per heavy atom. The number of rotatable bonds is 6. The second-order valence-electron chi connectivity index (χ2n) is 9.93. The van der Waals surface area contributed by atoms with Crippen LogP contribution in [0.2, 0.25) is 0 Å². The molecule has 4 aliphatic carbocycles. The average Bonchev–Trinajstić information content (AvgIpc) is 3.28. The molecule has 34 heavy (non-hydrogen) atoms. The first-order valence-electron chi connectivity index (χ1n) is 11.6. The van der Waals surface area contributed by atoms with Crippen molar-refractivity contribution in [3.8, 4) is 0 Å². The van der Waals surface area contributed by atoms with Crippen LogP contribution in [0.1, 0.15) is 53.9 Å². The standard InChI is InChI=1S/C24H25N5O3S2/c30-21(18-1-3-20(4-2-18)34(31,32)29-19-5-7-25-8-6-19)26-23-28-27-22(33-23)24-12-15-9-16(13-24)11-17(10-15)14-24/h1-8,15-17H,9-14H2,(H,25,29)(H,26,28,30). The minimum absolute atomic E-state index is 0.0703. The quantitative estimate of drug-likeness (QED) is 0.522. The Kier molecular flexibility index (Phi) is 5.18. The summed E-state index contributed by atoms with van der Waals surface area (Å²) >= 11 is 1.49. The predicted octanol–water partition coefficient (Wildman–Crippen LogP) is 4.45. The van der Waals surface area contributed by atoms with Crippen molar-refractivity contribution < 1.29 is 13.2 Å². The van der Waals surface area contributed by atoms with E-state index in [0.29, 0.717) is 16.4 Å². The van der Waals surface area contributed by atoms with Gasteiger partial charge in [0.15, 0.2) is 0 Å². The molecule has 0 aliphatic heterocycles. The van der Waals surface area contributed by atoms with Crippen LogP contribution in [0.15, 0.2) is 53.7 Å². The molecule has 3 aromatic rings. The van der Waals surface area contributed by atoms with E-state index >= 15 is 0 Å². The third-order valence-corrected chi connectivity index (χ3v) is 9.98.